The van der Waals surface area contributed by atoms with Crippen LogP contribution in [0.25, 0.3) is 11.3 Å². The highest BCUT2D eigenvalue weighted by Crippen LogP contribution is 2.33. The van der Waals surface area contributed by atoms with E-state index in [1.165, 1.54) is 25.3 Å². The van der Waals surface area contributed by atoms with Gasteiger partial charge in [-0.2, -0.15) is 0 Å². The number of hydrogen-bond acceptors (Lipinski definition) is 6. The molecule has 8 heteroatoms. The van der Waals surface area contributed by atoms with Crippen LogP contribution in [0.1, 0.15) is 19.0 Å². The number of nitrogens with one attached hydrogen (secondary N) is 1. The summed E-state index contributed by atoms with van der Waals surface area (Å²) < 4.78 is 34.3. The second kappa shape index (κ2) is 9.48. The average Bonchev–Trinajstić information content (AvgIpc) is 2.78. The first-order chi connectivity index (χ1) is 15.5. The third-order valence-corrected chi connectivity index (χ3v) is 5.63. The summed E-state index contributed by atoms with van der Waals surface area (Å²) in [6.45, 7) is 4.20. The molecule has 4 rings (SSSR count). The van der Waals surface area contributed by atoms with Crippen LogP contribution in [0.4, 0.5) is 20.2 Å². The molecule has 1 aliphatic heterocycles. The minimum atomic E-state index is -0.615. The fourth-order valence-electron chi connectivity index (χ4n) is 4.24. The number of nitrogens with two attached hydrogens (primary N) is 1. The van der Waals surface area contributed by atoms with Crippen molar-refractivity contribution in [2.75, 3.05) is 30.4 Å². The number of aromatic nitrogens is 2. The molecule has 1 aromatic carbocycles. The fraction of sp³-hybridized carbons (Fsp3) is 0.333. The molecular formula is C24H27F2N5O. The van der Waals surface area contributed by atoms with E-state index < -0.39 is 11.6 Å². The van der Waals surface area contributed by atoms with E-state index in [2.05, 4.69) is 27.1 Å². The Kier molecular flexibility index (Phi) is 6.50. The van der Waals surface area contributed by atoms with Crippen molar-refractivity contribution >= 4 is 11.4 Å². The van der Waals surface area contributed by atoms with E-state index in [4.69, 9.17) is 10.5 Å². The third kappa shape index (κ3) is 4.65. The lowest BCUT2D eigenvalue weighted by Gasteiger charge is -2.37. The van der Waals surface area contributed by atoms with E-state index in [-0.39, 0.29) is 23.0 Å². The number of benzene rings is 1. The molecule has 1 fully saturated rings. The average molecular weight is 440 g/mol. The third-order valence-electron chi connectivity index (χ3n) is 5.63. The lowest BCUT2D eigenvalue weighted by Crippen LogP contribution is -2.46. The van der Waals surface area contributed by atoms with Gasteiger partial charge in [-0.1, -0.05) is 13.0 Å². The molecule has 0 saturated carbocycles. The molecule has 2 aromatic heterocycles. The highest BCUT2D eigenvalue weighted by molar-refractivity contribution is 5.70. The van der Waals surface area contributed by atoms with Gasteiger partial charge in [-0.05, 0) is 42.7 Å². The van der Waals surface area contributed by atoms with Crippen LogP contribution in [0.15, 0.2) is 48.8 Å². The second-order valence-corrected chi connectivity index (χ2v) is 8.20. The van der Waals surface area contributed by atoms with Crippen LogP contribution in [0, 0.1) is 17.6 Å². The van der Waals surface area contributed by atoms with Gasteiger partial charge in [0, 0.05) is 25.3 Å². The van der Waals surface area contributed by atoms with E-state index in [1.807, 2.05) is 6.07 Å². The standard InChI is InChI=1S/C24H27F2N5O/c1-15-10-16(27)14-31(13-15)21-8-9-28-12-20(21)29-11-17-6-7-19(26)24(30-17)23-18(25)4-3-5-22(23)32-2/h3-9,12,15-16,29H,10-11,13-14,27H2,1-2H3/t15-,16+/m1/s1. The number of nitrogens with zero attached hydrogens (tertiary/aromatic N) is 3. The molecule has 3 aromatic rings. The van der Waals surface area contributed by atoms with E-state index in [0.29, 0.717) is 18.2 Å². The molecule has 0 spiro atoms. The van der Waals surface area contributed by atoms with Crippen molar-refractivity contribution in [2.24, 2.45) is 11.7 Å². The summed E-state index contributed by atoms with van der Waals surface area (Å²) in [5.74, 6) is -0.482. The van der Waals surface area contributed by atoms with Gasteiger partial charge < -0.3 is 20.7 Å². The Balaban J connectivity index is 1.58. The smallest absolute Gasteiger partial charge is 0.149 e. The maximum absolute atomic E-state index is 14.6. The molecule has 0 aliphatic carbocycles. The van der Waals surface area contributed by atoms with Gasteiger partial charge in [0.05, 0.1) is 42.5 Å². The first-order valence-corrected chi connectivity index (χ1v) is 10.6. The molecule has 2 atom stereocenters. The summed E-state index contributed by atoms with van der Waals surface area (Å²) in [5, 5.41) is 3.34. The summed E-state index contributed by atoms with van der Waals surface area (Å²) in [7, 11) is 1.42. The SMILES string of the molecule is COc1cccc(F)c1-c1nc(CNc2cnccc2N2C[C@H](C)C[C@H](N)C2)ccc1F. The number of hydrogen-bond donors (Lipinski definition) is 2. The largest absolute Gasteiger partial charge is 0.496 e. The number of pyridine rings is 2. The number of halogens is 2. The van der Waals surface area contributed by atoms with Crippen molar-refractivity contribution in [3.05, 3.63) is 66.1 Å². The number of anilines is 2. The Morgan fingerprint density at radius 3 is 2.78 bits per heavy atom. The first-order valence-electron chi connectivity index (χ1n) is 10.6. The zero-order chi connectivity index (χ0) is 22.7. The summed E-state index contributed by atoms with van der Waals surface area (Å²) >= 11 is 0. The lowest BCUT2D eigenvalue weighted by molar-refractivity contribution is 0.402. The van der Waals surface area contributed by atoms with Crippen molar-refractivity contribution in [2.45, 2.75) is 25.9 Å². The molecule has 1 aliphatic rings. The molecule has 168 valence electrons. The molecule has 6 nitrogen and oxygen atoms in total. The van der Waals surface area contributed by atoms with Gasteiger partial charge in [0.1, 0.15) is 23.1 Å². The van der Waals surface area contributed by atoms with Crippen molar-refractivity contribution < 1.29 is 13.5 Å². The molecule has 0 unspecified atom stereocenters. The van der Waals surface area contributed by atoms with Crippen LogP contribution in [0.5, 0.6) is 5.75 Å². The van der Waals surface area contributed by atoms with Crippen LogP contribution >= 0.6 is 0 Å². The van der Waals surface area contributed by atoms with E-state index in [1.54, 1.807) is 24.5 Å². The van der Waals surface area contributed by atoms with E-state index >= 15 is 0 Å². The normalized spacial score (nSPS) is 18.5. The molecule has 3 heterocycles. The highest BCUT2D eigenvalue weighted by atomic mass is 19.1. The Labute approximate surface area is 186 Å². The van der Waals surface area contributed by atoms with Gasteiger partial charge in [0.15, 0.2) is 0 Å². The van der Waals surface area contributed by atoms with Crippen molar-refractivity contribution in [3.63, 3.8) is 0 Å². The fourth-order valence-corrected chi connectivity index (χ4v) is 4.24. The van der Waals surface area contributed by atoms with Gasteiger partial charge in [-0.25, -0.2) is 13.8 Å². The summed E-state index contributed by atoms with van der Waals surface area (Å²) in [6, 6.07) is 9.30. The van der Waals surface area contributed by atoms with Gasteiger partial charge >= 0.3 is 0 Å². The topological polar surface area (TPSA) is 76.3 Å². The number of ether oxygens (including phenoxy) is 1. The van der Waals surface area contributed by atoms with Gasteiger partial charge in [-0.15, -0.1) is 0 Å². The minimum Gasteiger partial charge on any atom is -0.496 e. The van der Waals surface area contributed by atoms with Crippen LogP contribution in [0.3, 0.4) is 0 Å². The van der Waals surface area contributed by atoms with Gasteiger partial charge in [-0.3, -0.25) is 4.98 Å². The summed E-state index contributed by atoms with van der Waals surface area (Å²) in [4.78, 5) is 10.9. The molecule has 0 bridgehead atoms. The highest BCUT2D eigenvalue weighted by Gasteiger charge is 2.24. The summed E-state index contributed by atoms with van der Waals surface area (Å²) in [5.41, 5.74) is 8.56. The predicted octanol–water partition coefficient (Wildman–Crippen LogP) is 4.22. The van der Waals surface area contributed by atoms with E-state index in [9.17, 15) is 8.78 Å². The monoisotopic (exact) mass is 439 g/mol. The maximum Gasteiger partial charge on any atom is 0.149 e. The Morgan fingerprint density at radius 2 is 2.00 bits per heavy atom. The Morgan fingerprint density at radius 1 is 1.16 bits per heavy atom. The van der Waals surface area contributed by atoms with Gasteiger partial charge in [0.25, 0.3) is 0 Å². The van der Waals surface area contributed by atoms with Crippen molar-refractivity contribution in [1.29, 1.82) is 0 Å². The van der Waals surface area contributed by atoms with Crippen LogP contribution in [-0.2, 0) is 6.54 Å². The number of methoxy groups -OCH3 is 1. The first kappa shape index (κ1) is 22.0. The predicted molar refractivity (Wildman–Crippen MR) is 122 cm³/mol. The lowest BCUT2D eigenvalue weighted by atomic mass is 9.96. The Bertz CT molecular complexity index is 1080. The molecule has 3 N–H and O–H groups in total. The second-order valence-electron chi connectivity index (χ2n) is 8.20. The van der Waals surface area contributed by atoms with Crippen LogP contribution in [-0.4, -0.2) is 36.2 Å². The summed E-state index contributed by atoms with van der Waals surface area (Å²) in [6.07, 6.45) is 4.51. The Hall–Kier alpha value is -3.26. The van der Waals surface area contributed by atoms with Crippen molar-refractivity contribution in [3.8, 4) is 17.0 Å². The number of piperidine rings is 1. The molecule has 1 saturated heterocycles. The zero-order valence-electron chi connectivity index (χ0n) is 18.2. The quantitative estimate of drug-likeness (QED) is 0.599. The number of rotatable bonds is 6. The van der Waals surface area contributed by atoms with Crippen LogP contribution in [0.2, 0.25) is 0 Å². The molecule has 0 amide bonds. The van der Waals surface area contributed by atoms with Crippen LogP contribution < -0.4 is 20.7 Å². The molecule has 32 heavy (non-hydrogen) atoms. The molecular weight excluding hydrogens is 412 g/mol. The molecule has 0 radical (unpaired) electrons. The van der Waals surface area contributed by atoms with Crippen molar-refractivity contribution in [1.82, 2.24) is 9.97 Å². The maximum atomic E-state index is 14.6. The minimum absolute atomic E-state index is 0.00714. The zero-order valence-corrected chi connectivity index (χ0v) is 18.2. The van der Waals surface area contributed by atoms with E-state index in [0.717, 1.165) is 30.9 Å². The van der Waals surface area contributed by atoms with Gasteiger partial charge in [0.2, 0.25) is 0 Å².